The number of phenolic OH excluding ortho intramolecular Hbond substituents is 1. The molecule has 1 atom stereocenters. The molecule has 8 nitrogen and oxygen atoms in total. The lowest BCUT2D eigenvalue weighted by atomic mass is 9.93. The smallest absolute Gasteiger partial charge is 0.300 e. The number of anilines is 1. The average molecular weight is 527 g/mol. The van der Waals surface area contributed by atoms with E-state index in [1.165, 1.54) is 11.0 Å². The van der Waals surface area contributed by atoms with Crippen molar-refractivity contribution in [2.24, 2.45) is 0 Å². The maximum absolute atomic E-state index is 13.5. The van der Waals surface area contributed by atoms with Gasteiger partial charge in [0.1, 0.15) is 11.5 Å². The Kier molecular flexibility index (Phi) is 7.91. The van der Waals surface area contributed by atoms with Crippen molar-refractivity contribution in [2.75, 3.05) is 18.1 Å². The number of ether oxygens (including phenoxy) is 2. The highest BCUT2D eigenvalue weighted by molar-refractivity contribution is 6.51. The number of rotatable bonds is 8. The Morgan fingerprint density at radius 3 is 2.26 bits per heavy atom. The van der Waals surface area contributed by atoms with Gasteiger partial charge in [-0.1, -0.05) is 19.9 Å². The Balaban J connectivity index is 1.95. The number of aromatic hydroxyl groups is 1. The fourth-order valence-electron chi connectivity index (χ4n) is 4.67. The number of carbonyl (C=O) groups excluding carboxylic acids is 2. The summed E-state index contributed by atoms with van der Waals surface area (Å²) in [6, 6.07) is 17.0. The number of ketones is 1. The number of hydrogen-bond acceptors (Lipinski definition) is 7. The zero-order valence-electron chi connectivity index (χ0n) is 22.3. The van der Waals surface area contributed by atoms with Gasteiger partial charge in [-0.3, -0.25) is 14.5 Å². The monoisotopic (exact) mass is 526 g/mol. The van der Waals surface area contributed by atoms with E-state index in [0.29, 0.717) is 34.7 Å². The molecule has 39 heavy (non-hydrogen) atoms. The average Bonchev–Trinajstić information content (AvgIpc) is 3.20. The second kappa shape index (κ2) is 11.3. The molecule has 3 aromatic rings. The number of nitriles is 1. The number of carbonyl (C=O) groups is 2. The van der Waals surface area contributed by atoms with Gasteiger partial charge in [0, 0.05) is 11.3 Å². The third kappa shape index (κ3) is 5.16. The first-order valence-corrected chi connectivity index (χ1v) is 12.8. The van der Waals surface area contributed by atoms with Crippen LogP contribution in [0.15, 0.2) is 66.2 Å². The molecule has 1 saturated heterocycles. The topological polar surface area (TPSA) is 120 Å². The Labute approximate surface area is 227 Å². The van der Waals surface area contributed by atoms with Gasteiger partial charge in [-0.05, 0) is 85.5 Å². The SMILES string of the molecule is CCOc1cc(C2/C(=C(\O)c3ccc(OCC)c(C(C)C)c3)C(=O)C(=O)N2c2ccc(C#N)cc2)ccc1O. The van der Waals surface area contributed by atoms with Crippen LogP contribution in [0.25, 0.3) is 5.76 Å². The summed E-state index contributed by atoms with van der Waals surface area (Å²) in [4.78, 5) is 28.2. The normalized spacial score (nSPS) is 16.4. The second-order valence-corrected chi connectivity index (χ2v) is 9.33. The molecular formula is C31H30N2O6. The number of hydrogen-bond donors (Lipinski definition) is 2. The van der Waals surface area contributed by atoms with Crippen LogP contribution in [-0.2, 0) is 9.59 Å². The van der Waals surface area contributed by atoms with Gasteiger partial charge in [-0.15, -0.1) is 0 Å². The van der Waals surface area contributed by atoms with Gasteiger partial charge in [0.05, 0.1) is 36.5 Å². The molecule has 0 radical (unpaired) electrons. The molecular weight excluding hydrogens is 496 g/mol. The predicted octanol–water partition coefficient (Wildman–Crippen LogP) is 5.81. The van der Waals surface area contributed by atoms with Gasteiger partial charge in [0.2, 0.25) is 0 Å². The van der Waals surface area contributed by atoms with Crippen molar-refractivity contribution in [3.8, 4) is 23.3 Å². The molecule has 3 aromatic carbocycles. The van der Waals surface area contributed by atoms with Crippen LogP contribution in [-0.4, -0.2) is 35.1 Å². The molecule has 4 rings (SSSR count). The van der Waals surface area contributed by atoms with Crippen molar-refractivity contribution in [2.45, 2.75) is 39.7 Å². The van der Waals surface area contributed by atoms with Crippen LogP contribution in [0, 0.1) is 11.3 Å². The van der Waals surface area contributed by atoms with Crippen LogP contribution < -0.4 is 14.4 Å². The van der Waals surface area contributed by atoms with Crippen LogP contribution in [0.1, 0.15) is 61.9 Å². The van der Waals surface area contributed by atoms with Crippen LogP contribution in [0.4, 0.5) is 5.69 Å². The lowest BCUT2D eigenvalue weighted by Crippen LogP contribution is -2.29. The lowest BCUT2D eigenvalue weighted by Gasteiger charge is -2.26. The molecule has 0 spiro atoms. The van der Waals surface area contributed by atoms with Crippen molar-refractivity contribution in [1.82, 2.24) is 0 Å². The van der Waals surface area contributed by atoms with Crippen molar-refractivity contribution >= 4 is 23.1 Å². The molecule has 1 amide bonds. The highest BCUT2D eigenvalue weighted by Gasteiger charge is 2.47. The largest absolute Gasteiger partial charge is 0.507 e. The number of aliphatic hydroxyl groups is 1. The molecule has 1 heterocycles. The first-order valence-electron chi connectivity index (χ1n) is 12.8. The Hall–Kier alpha value is -4.77. The Morgan fingerprint density at radius 1 is 0.974 bits per heavy atom. The Morgan fingerprint density at radius 2 is 1.64 bits per heavy atom. The number of phenols is 1. The van der Waals surface area contributed by atoms with Crippen LogP contribution in [0.3, 0.4) is 0 Å². The first kappa shape index (κ1) is 27.3. The van der Waals surface area contributed by atoms with E-state index in [9.17, 15) is 25.1 Å². The predicted molar refractivity (Wildman–Crippen MR) is 147 cm³/mol. The van der Waals surface area contributed by atoms with Crippen molar-refractivity contribution < 1.29 is 29.3 Å². The molecule has 1 aliphatic rings. The highest BCUT2D eigenvalue weighted by Crippen LogP contribution is 2.44. The standard InChI is InChI=1S/C31H30N2O6/c1-5-38-25-14-10-21(15-23(25)18(3)4)29(35)27-28(20-9-13-24(34)26(16-20)39-6-2)33(31(37)30(27)36)22-11-7-19(17-32)8-12-22/h7-16,18,28,34-35H,5-6H2,1-4H3/b29-27+. The third-order valence-electron chi connectivity index (χ3n) is 6.52. The Bertz CT molecular complexity index is 1480. The fraction of sp³-hybridized carbons (Fsp3) is 0.258. The quantitative estimate of drug-likeness (QED) is 0.216. The molecule has 0 aromatic heterocycles. The maximum atomic E-state index is 13.5. The summed E-state index contributed by atoms with van der Waals surface area (Å²) in [7, 11) is 0. The number of benzene rings is 3. The van der Waals surface area contributed by atoms with Gasteiger partial charge >= 0.3 is 0 Å². The van der Waals surface area contributed by atoms with E-state index in [1.54, 1.807) is 61.5 Å². The lowest BCUT2D eigenvalue weighted by molar-refractivity contribution is -0.132. The molecule has 8 heteroatoms. The number of aliphatic hydroxyl groups excluding tert-OH is 1. The summed E-state index contributed by atoms with van der Waals surface area (Å²) < 4.78 is 11.3. The summed E-state index contributed by atoms with van der Waals surface area (Å²) in [5.74, 6) is -1.17. The number of Topliss-reactive ketones (excluding diaryl/α,β-unsaturated/α-hetero) is 1. The molecule has 1 unspecified atom stereocenters. The van der Waals surface area contributed by atoms with Gasteiger partial charge in [-0.2, -0.15) is 5.26 Å². The molecule has 1 fully saturated rings. The molecule has 1 aliphatic heterocycles. The second-order valence-electron chi connectivity index (χ2n) is 9.33. The molecule has 0 bridgehead atoms. The van der Waals surface area contributed by atoms with Crippen LogP contribution in [0.2, 0.25) is 0 Å². The first-order chi connectivity index (χ1) is 18.7. The minimum Gasteiger partial charge on any atom is -0.507 e. The number of nitrogens with zero attached hydrogens (tertiary/aromatic N) is 2. The van der Waals surface area contributed by atoms with Crippen molar-refractivity contribution in [1.29, 1.82) is 5.26 Å². The number of amides is 1. The third-order valence-corrected chi connectivity index (χ3v) is 6.52. The van der Waals surface area contributed by atoms with E-state index in [2.05, 4.69) is 0 Å². The van der Waals surface area contributed by atoms with E-state index in [-0.39, 0.29) is 35.4 Å². The van der Waals surface area contributed by atoms with Gasteiger partial charge in [0.15, 0.2) is 11.5 Å². The summed E-state index contributed by atoms with van der Waals surface area (Å²) in [6.45, 7) is 8.42. The zero-order valence-corrected chi connectivity index (χ0v) is 22.3. The van der Waals surface area contributed by atoms with E-state index >= 15 is 0 Å². The van der Waals surface area contributed by atoms with E-state index in [0.717, 1.165) is 5.56 Å². The summed E-state index contributed by atoms with van der Waals surface area (Å²) in [5.41, 5.74) is 2.34. The van der Waals surface area contributed by atoms with E-state index in [1.807, 2.05) is 26.8 Å². The molecule has 0 aliphatic carbocycles. The highest BCUT2D eigenvalue weighted by atomic mass is 16.5. The summed E-state index contributed by atoms with van der Waals surface area (Å²) >= 11 is 0. The minimum absolute atomic E-state index is 0.0713. The van der Waals surface area contributed by atoms with Crippen LogP contribution >= 0.6 is 0 Å². The molecule has 2 N–H and O–H groups in total. The summed E-state index contributed by atoms with van der Waals surface area (Å²) in [6.07, 6.45) is 0. The fourth-order valence-corrected chi connectivity index (χ4v) is 4.67. The van der Waals surface area contributed by atoms with Crippen molar-refractivity contribution in [3.05, 3.63) is 88.5 Å². The van der Waals surface area contributed by atoms with Gasteiger partial charge < -0.3 is 19.7 Å². The summed E-state index contributed by atoms with van der Waals surface area (Å²) in [5, 5.41) is 31.0. The van der Waals surface area contributed by atoms with E-state index in [4.69, 9.17) is 9.47 Å². The van der Waals surface area contributed by atoms with Gasteiger partial charge in [-0.25, -0.2) is 0 Å². The van der Waals surface area contributed by atoms with Gasteiger partial charge in [0.25, 0.3) is 11.7 Å². The van der Waals surface area contributed by atoms with Crippen LogP contribution in [0.5, 0.6) is 17.2 Å². The van der Waals surface area contributed by atoms with Crippen molar-refractivity contribution in [3.63, 3.8) is 0 Å². The van der Waals surface area contributed by atoms with E-state index < -0.39 is 17.7 Å². The zero-order chi connectivity index (χ0) is 28.3. The molecule has 200 valence electrons. The molecule has 0 saturated carbocycles. The minimum atomic E-state index is -1.02. The maximum Gasteiger partial charge on any atom is 0.300 e.